The predicted octanol–water partition coefficient (Wildman–Crippen LogP) is 2.67. The molecule has 0 spiro atoms. The van der Waals surface area contributed by atoms with Crippen molar-refractivity contribution in [3.05, 3.63) is 45.4 Å². The third-order valence-electron chi connectivity index (χ3n) is 3.22. The van der Waals surface area contributed by atoms with Gasteiger partial charge in [-0.25, -0.2) is 4.39 Å². The molecule has 2 aliphatic heterocycles. The number of nitrogens with one attached hydrogen (secondary N) is 1. The van der Waals surface area contributed by atoms with Crippen molar-refractivity contribution in [2.45, 2.75) is 0 Å². The lowest BCUT2D eigenvalue weighted by Gasteiger charge is -2.32. The number of anilines is 1. The molecule has 100 valence electrons. The fraction of sp³-hybridized carbons (Fsp3) is 0.286. The molecule has 1 N–H and O–H groups in total. The van der Waals surface area contributed by atoms with Crippen molar-refractivity contribution in [2.75, 3.05) is 31.1 Å². The van der Waals surface area contributed by atoms with E-state index in [2.05, 4.69) is 45.5 Å². The second-order valence-electron chi connectivity index (χ2n) is 4.69. The van der Waals surface area contributed by atoms with E-state index in [4.69, 9.17) is 4.74 Å². The van der Waals surface area contributed by atoms with Gasteiger partial charge in [0.2, 0.25) is 0 Å². The first-order valence-electron chi connectivity index (χ1n) is 6.12. The van der Waals surface area contributed by atoms with Gasteiger partial charge in [0.15, 0.2) is 11.6 Å². The topological polar surface area (TPSA) is 24.5 Å². The predicted molar refractivity (Wildman–Crippen MR) is 82.1 cm³/mol. The summed E-state index contributed by atoms with van der Waals surface area (Å²) in [7, 11) is 0. The number of nitrogens with zero attached hydrogens (tertiary/aromatic N) is 1. The van der Waals surface area contributed by atoms with Gasteiger partial charge in [0, 0.05) is 15.8 Å². The Morgan fingerprint density at radius 3 is 3.05 bits per heavy atom. The van der Waals surface area contributed by atoms with Gasteiger partial charge in [-0.1, -0.05) is 6.58 Å². The Kier molecular flexibility index (Phi) is 3.38. The van der Waals surface area contributed by atoms with Crippen LogP contribution in [0.5, 0.6) is 5.75 Å². The normalized spacial score (nSPS) is 17.7. The molecule has 0 saturated carbocycles. The Morgan fingerprint density at radius 1 is 1.47 bits per heavy atom. The number of hydrogen-bond acceptors (Lipinski definition) is 3. The molecule has 0 amide bonds. The summed E-state index contributed by atoms with van der Waals surface area (Å²) in [6.07, 6.45) is 2.05. The fourth-order valence-corrected chi connectivity index (χ4v) is 2.92. The van der Waals surface area contributed by atoms with Crippen LogP contribution in [0, 0.1) is 9.39 Å². The van der Waals surface area contributed by atoms with Crippen molar-refractivity contribution in [2.24, 2.45) is 0 Å². The molecule has 0 radical (unpaired) electrons. The van der Waals surface area contributed by atoms with Gasteiger partial charge < -0.3 is 15.0 Å². The quantitative estimate of drug-likeness (QED) is 0.809. The highest BCUT2D eigenvalue weighted by Gasteiger charge is 2.23. The van der Waals surface area contributed by atoms with Gasteiger partial charge in [-0.05, 0) is 46.4 Å². The lowest BCUT2D eigenvalue weighted by atomic mass is 10.2. The molecule has 3 nitrogen and oxygen atoms in total. The van der Waals surface area contributed by atoms with Crippen LogP contribution >= 0.6 is 22.6 Å². The van der Waals surface area contributed by atoms with E-state index in [1.165, 1.54) is 6.07 Å². The second kappa shape index (κ2) is 5.03. The lowest BCUT2D eigenvalue weighted by Crippen LogP contribution is -2.36. The first kappa shape index (κ1) is 12.8. The monoisotopic (exact) mass is 372 g/mol. The molecule has 19 heavy (non-hydrogen) atoms. The van der Waals surface area contributed by atoms with Gasteiger partial charge in [-0.15, -0.1) is 0 Å². The Labute approximate surface area is 125 Å². The minimum atomic E-state index is -0.288. The molecular formula is C14H14FIN2O. The maximum Gasteiger partial charge on any atom is 0.178 e. The van der Waals surface area contributed by atoms with Crippen LogP contribution in [0.4, 0.5) is 10.1 Å². The molecule has 1 aromatic rings. The molecule has 0 saturated heterocycles. The number of benzene rings is 1. The molecule has 0 aliphatic carbocycles. The van der Waals surface area contributed by atoms with Gasteiger partial charge in [0.05, 0.1) is 18.8 Å². The molecule has 0 atom stereocenters. The Morgan fingerprint density at radius 2 is 2.32 bits per heavy atom. The van der Waals surface area contributed by atoms with Crippen molar-refractivity contribution in [3.63, 3.8) is 0 Å². The summed E-state index contributed by atoms with van der Waals surface area (Å²) >= 11 is 2.12. The molecule has 1 aromatic carbocycles. The maximum absolute atomic E-state index is 13.9. The van der Waals surface area contributed by atoms with Crippen LogP contribution in [0.2, 0.25) is 0 Å². The van der Waals surface area contributed by atoms with E-state index in [1.54, 1.807) is 0 Å². The summed E-state index contributed by atoms with van der Waals surface area (Å²) in [6, 6.07) is 3.46. The van der Waals surface area contributed by atoms with Crippen LogP contribution < -0.4 is 15.0 Å². The highest BCUT2D eigenvalue weighted by atomic mass is 127. The molecule has 0 fully saturated rings. The molecule has 2 aliphatic rings. The highest BCUT2D eigenvalue weighted by Crippen LogP contribution is 2.36. The smallest absolute Gasteiger partial charge is 0.178 e. The van der Waals surface area contributed by atoms with Crippen molar-refractivity contribution in [1.29, 1.82) is 0 Å². The zero-order valence-electron chi connectivity index (χ0n) is 10.4. The average Bonchev–Trinajstić information content (AvgIpc) is 2.76. The molecule has 0 unspecified atom stereocenters. The van der Waals surface area contributed by atoms with Gasteiger partial charge in [0.25, 0.3) is 0 Å². The molecule has 0 aromatic heterocycles. The third kappa shape index (κ3) is 2.56. The second-order valence-corrected chi connectivity index (χ2v) is 5.93. The molecule has 0 bridgehead atoms. The SMILES string of the molecule is C=C1C=C(CN2CCOc3c(F)cc(I)cc32)NC1. The Balaban J connectivity index is 1.90. The molecular weight excluding hydrogens is 358 g/mol. The average molecular weight is 372 g/mol. The van der Waals surface area contributed by atoms with Gasteiger partial charge in [0.1, 0.15) is 6.61 Å². The van der Waals surface area contributed by atoms with Gasteiger partial charge >= 0.3 is 0 Å². The summed E-state index contributed by atoms with van der Waals surface area (Å²) in [5.41, 5.74) is 3.03. The van der Waals surface area contributed by atoms with Crippen LogP contribution in [-0.2, 0) is 0 Å². The van der Waals surface area contributed by atoms with E-state index in [0.29, 0.717) is 12.4 Å². The maximum atomic E-state index is 13.9. The zero-order valence-corrected chi connectivity index (χ0v) is 12.5. The third-order valence-corrected chi connectivity index (χ3v) is 3.84. The number of ether oxygens (including phenoxy) is 1. The van der Waals surface area contributed by atoms with Crippen LogP contribution in [0.1, 0.15) is 0 Å². The number of hydrogen-bond donors (Lipinski definition) is 1. The van der Waals surface area contributed by atoms with E-state index in [1.807, 2.05) is 6.07 Å². The number of halogens is 2. The summed E-state index contributed by atoms with van der Waals surface area (Å²) < 4.78 is 20.2. The Hall–Kier alpha value is -1.24. The van der Waals surface area contributed by atoms with Crippen molar-refractivity contribution in [3.8, 4) is 5.75 Å². The summed E-state index contributed by atoms with van der Waals surface area (Å²) in [5, 5.41) is 3.30. The summed E-state index contributed by atoms with van der Waals surface area (Å²) in [4.78, 5) is 2.14. The number of fused-ring (bicyclic) bond motifs is 1. The minimum Gasteiger partial charge on any atom is -0.486 e. The van der Waals surface area contributed by atoms with Crippen LogP contribution in [0.15, 0.2) is 36.1 Å². The van der Waals surface area contributed by atoms with Crippen LogP contribution in [-0.4, -0.2) is 26.2 Å². The van der Waals surface area contributed by atoms with Crippen molar-refractivity contribution >= 4 is 28.3 Å². The van der Waals surface area contributed by atoms with Crippen molar-refractivity contribution in [1.82, 2.24) is 5.32 Å². The standard InChI is InChI=1S/C14H14FIN2O/c1-9-4-11(17-7-9)8-18-2-3-19-14-12(15)5-10(16)6-13(14)18/h4-6,17H,1-3,7-8H2. The Bertz CT molecular complexity index is 571. The van der Waals surface area contributed by atoms with E-state index in [0.717, 1.165) is 40.2 Å². The molecule has 3 rings (SSSR count). The van der Waals surface area contributed by atoms with Crippen LogP contribution in [0.3, 0.4) is 0 Å². The minimum absolute atomic E-state index is 0.288. The van der Waals surface area contributed by atoms with E-state index in [-0.39, 0.29) is 5.82 Å². The van der Waals surface area contributed by atoms with Crippen LogP contribution in [0.25, 0.3) is 0 Å². The molecule has 2 heterocycles. The van der Waals surface area contributed by atoms with Gasteiger partial charge in [-0.3, -0.25) is 0 Å². The molecule has 5 heteroatoms. The first-order chi connectivity index (χ1) is 9.13. The zero-order chi connectivity index (χ0) is 13.4. The van der Waals surface area contributed by atoms with E-state index in [9.17, 15) is 4.39 Å². The first-order valence-corrected chi connectivity index (χ1v) is 7.20. The highest BCUT2D eigenvalue weighted by molar-refractivity contribution is 14.1. The lowest BCUT2D eigenvalue weighted by molar-refractivity contribution is 0.292. The number of rotatable bonds is 2. The van der Waals surface area contributed by atoms with E-state index < -0.39 is 0 Å². The van der Waals surface area contributed by atoms with Gasteiger partial charge in [-0.2, -0.15) is 0 Å². The van der Waals surface area contributed by atoms with Crippen molar-refractivity contribution < 1.29 is 9.13 Å². The fourth-order valence-electron chi connectivity index (χ4n) is 2.35. The largest absolute Gasteiger partial charge is 0.486 e. The summed E-state index contributed by atoms with van der Waals surface area (Å²) in [5.74, 6) is 0.0773. The summed E-state index contributed by atoms with van der Waals surface area (Å²) in [6.45, 7) is 6.73. The van der Waals surface area contributed by atoms with E-state index >= 15 is 0 Å².